The fourth-order valence-electron chi connectivity index (χ4n) is 3.71. The smallest absolute Gasteiger partial charge is 0.270 e. The van der Waals surface area contributed by atoms with Crippen LogP contribution in [0.15, 0.2) is 23.1 Å². The van der Waals surface area contributed by atoms with Gasteiger partial charge in [0, 0.05) is 49.7 Å². The van der Waals surface area contributed by atoms with Crippen LogP contribution < -0.4 is 4.90 Å². The van der Waals surface area contributed by atoms with Crippen LogP contribution in [-0.2, 0) is 20.1 Å². The maximum absolute atomic E-state index is 13.5. The fraction of sp³-hybridized carbons (Fsp3) is 0.667. The highest BCUT2D eigenvalue weighted by molar-refractivity contribution is 9.09. The maximum Gasteiger partial charge on any atom is 0.270 e. The average molecular weight is 557 g/mol. The summed E-state index contributed by atoms with van der Waals surface area (Å²) in [4.78, 5) is 14.2. The molecule has 0 amide bonds. The lowest BCUT2D eigenvalue weighted by atomic mass is 10.1. The zero-order chi connectivity index (χ0) is 24.1. The van der Waals surface area contributed by atoms with E-state index < -0.39 is 30.8 Å². The Morgan fingerprint density at radius 3 is 2.31 bits per heavy atom. The van der Waals surface area contributed by atoms with Gasteiger partial charge in [-0.05, 0) is 39.4 Å². The number of halogens is 1. The first kappa shape index (κ1) is 26.9. The minimum Gasteiger partial charge on any atom is -0.370 e. The Kier molecular flexibility index (Phi) is 9.43. The van der Waals surface area contributed by atoms with E-state index in [4.69, 9.17) is 4.55 Å². The standard InChI is InChI=1S/C18H29BrN4O7S2/c1-20(2)15-6-10-22(11-7-15)32(29,30)18-14-16(23(24)25)4-5-17(18)21(12-8-19)9-3-13-31(26,27)28/h4-5,14-15H,3,6-13H2,1-2H3,(H,26,27,28). The van der Waals surface area contributed by atoms with Crippen molar-refractivity contribution in [3.8, 4) is 0 Å². The Balaban J connectivity index is 2.42. The van der Waals surface area contributed by atoms with E-state index in [1.807, 2.05) is 14.1 Å². The highest BCUT2D eigenvalue weighted by Gasteiger charge is 2.34. The van der Waals surface area contributed by atoms with Gasteiger partial charge in [0.15, 0.2) is 0 Å². The highest BCUT2D eigenvalue weighted by Crippen LogP contribution is 2.33. The normalized spacial score (nSPS) is 16.4. The van der Waals surface area contributed by atoms with E-state index in [9.17, 15) is 26.9 Å². The van der Waals surface area contributed by atoms with Gasteiger partial charge in [0.25, 0.3) is 15.8 Å². The molecule has 0 bridgehead atoms. The number of anilines is 1. The first-order valence-corrected chi connectivity index (χ1v) is 14.2. The lowest BCUT2D eigenvalue weighted by molar-refractivity contribution is -0.385. The highest BCUT2D eigenvalue weighted by atomic mass is 79.9. The van der Waals surface area contributed by atoms with Crippen LogP contribution in [0.1, 0.15) is 19.3 Å². The van der Waals surface area contributed by atoms with Crippen molar-refractivity contribution in [2.24, 2.45) is 0 Å². The lowest BCUT2D eigenvalue weighted by Gasteiger charge is -2.35. The van der Waals surface area contributed by atoms with Gasteiger partial charge in [-0.2, -0.15) is 12.7 Å². The molecule has 1 heterocycles. The van der Waals surface area contributed by atoms with Crippen LogP contribution >= 0.6 is 15.9 Å². The van der Waals surface area contributed by atoms with Crippen molar-refractivity contribution < 1.29 is 26.3 Å². The number of nitro groups is 1. The zero-order valence-corrected chi connectivity index (χ0v) is 21.3. The SMILES string of the molecule is CN(C)C1CCN(S(=O)(=O)c2cc([N+](=O)[O-])ccc2N(CCBr)CCCS(=O)(=O)O)CC1. The Labute approximate surface area is 197 Å². The molecule has 182 valence electrons. The van der Waals surface area contributed by atoms with Gasteiger partial charge >= 0.3 is 0 Å². The Bertz CT molecular complexity index is 1010. The molecule has 0 atom stereocenters. The first-order chi connectivity index (χ1) is 14.9. The van der Waals surface area contributed by atoms with E-state index >= 15 is 0 Å². The average Bonchev–Trinajstić information content (AvgIpc) is 2.71. The lowest BCUT2D eigenvalue weighted by Crippen LogP contribution is -2.44. The van der Waals surface area contributed by atoms with E-state index in [0.717, 1.165) is 6.07 Å². The number of benzene rings is 1. The van der Waals surface area contributed by atoms with Crippen molar-refractivity contribution in [2.75, 3.05) is 56.3 Å². The molecule has 0 aliphatic carbocycles. The van der Waals surface area contributed by atoms with Crippen LogP contribution in [0.2, 0.25) is 0 Å². The number of hydrogen-bond donors (Lipinski definition) is 1. The number of alkyl halides is 1. The van der Waals surface area contributed by atoms with Gasteiger partial charge in [-0.1, -0.05) is 15.9 Å². The van der Waals surface area contributed by atoms with Gasteiger partial charge < -0.3 is 9.80 Å². The molecule has 1 aliphatic rings. The molecule has 1 saturated heterocycles. The largest absolute Gasteiger partial charge is 0.370 e. The second-order valence-electron chi connectivity index (χ2n) is 7.82. The van der Waals surface area contributed by atoms with Gasteiger partial charge in [-0.15, -0.1) is 0 Å². The summed E-state index contributed by atoms with van der Waals surface area (Å²) in [6.45, 7) is 1.09. The molecule has 2 rings (SSSR count). The summed E-state index contributed by atoms with van der Waals surface area (Å²) in [5.74, 6) is -0.473. The summed E-state index contributed by atoms with van der Waals surface area (Å²) in [6.07, 6.45) is 1.36. The van der Waals surface area contributed by atoms with Crippen LogP contribution in [0.25, 0.3) is 0 Å². The number of rotatable bonds is 11. The van der Waals surface area contributed by atoms with E-state index in [1.165, 1.54) is 16.4 Å². The molecule has 1 N–H and O–H groups in total. The molecule has 14 heteroatoms. The third kappa shape index (κ3) is 7.09. The molecule has 1 aromatic rings. The maximum atomic E-state index is 13.5. The van der Waals surface area contributed by atoms with Crippen molar-refractivity contribution >= 4 is 47.4 Å². The van der Waals surface area contributed by atoms with Gasteiger partial charge in [0.1, 0.15) is 4.90 Å². The summed E-state index contributed by atoms with van der Waals surface area (Å²) in [7, 11) is -4.30. The van der Waals surface area contributed by atoms with Crippen molar-refractivity contribution in [3.05, 3.63) is 28.3 Å². The molecule has 1 fully saturated rings. The predicted molar refractivity (Wildman–Crippen MR) is 126 cm³/mol. The topological polar surface area (TPSA) is 141 Å². The molecule has 0 saturated carbocycles. The molecule has 32 heavy (non-hydrogen) atoms. The minimum atomic E-state index is -4.16. The predicted octanol–water partition coefficient (Wildman–Crippen LogP) is 1.79. The minimum absolute atomic E-state index is 0.0660. The van der Waals surface area contributed by atoms with Gasteiger partial charge in [0.05, 0.1) is 16.4 Å². The fourth-order valence-corrected chi connectivity index (χ4v) is 6.34. The Hall–Kier alpha value is -1.32. The van der Waals surface area contributed by atoms with E-state index in [1.54, 1.807) is 4.90 Å². The van der Waals surface area contributed by atoms with Crippen LogP contribution in [-0.4, -0.2) is 92.9 Å². The van der Waals surface area contributed by atoms with Crippen molar-refractivity contribution in [1.29, 1.82) is 0 Å². The number of piperidine rings is 1. The molecule has 1 aliphatic heterocycles. The summed E-state index contributed by atoms with van der Waals surface area (Å²) in [5, 5.41) is 11.8. The Morgan fingerprint density at radius 1 is 1.19 bits per heavy atom. The van der Waals surface area contributed by atoms with E-state index in [-0.39, 0.29) is 35.3 Å². The summed E-state index contributed by atoms with van der Waals surface area (Å²) >= 11 is 3.31. The third-order valence-corrected chi connectivity index (χ3v) is 8.54. The van der Waals surface area contributed by atoms with Crippen LogP contribution in [0.3, 0.4) is 0 Å². The quantitative estimate of drug-likeness (QED) is 0.187. The number of sulfonamides is 1. The van der Waals surface area contributed by atoms with Gasteiger partial charge in [0.2, 0.25) is 10.0 Å². The van der Waals surface area contributed by atoms with Crippen LogP contribution in [0.4, 0.5) is 11.4 Å². The van der Waals surface area contributed by atoms with Crippen molar-refractivity contribution in [2.45, 2.75) is 30.2 Å². The summed E-state index contributed by atoms with van der Waals surface area (Å²) < 4.78 is 59.5. The van der Waals surface area contributed by atoms with E-state index in [2.05, 4.69) is 20.8 Å². The second kappa shape index (κ2) is 11.2. The number of hydrogen-bond acceptors (Lipinski definition) is 8. The molecule has 0 aromatic heterocycles. The van der Waals surface area contributed by atoms with Gasteiger partial charge in [-0.3, -0.25) is 14.7 Å². The molecular weight excluding hydrogens is 528 g/mol. The van der Waals surface area contributed by atoms with Crippen molar-refractivity contribution in [1.82, 2.24) is 9.21 Å². The van der Waals surface area contributed by atoms with Gasteiger partial charge in [-0.25, -0.2) is 8.42 Å². The monoisotopic (exact) mass is 556 g/mol. The third-order valence-electron chi connectivity index (χ3n) is 5.45. The number of nitrogens with zero attached hydrogens (tertiary/aromatic N) is 4. The number of nitro benzene ring substituents is 1. The molecule has 0 unspecified atom stereocenters. The van der Waals surface area contributed by atoms with Crippen LogP contribution in [0.5, 0.6) is 0 Å². The molecular formula is C18H29BrN4O7S2. The molecule has 0 spiro atoms. The molecule has 0 radical (unpaired) electrons. The first-order valence-electron chi connectivity index (χ1n) is 10.1. The van der Waals surface area contributed by atoms with Crippen LogP contribution in [0, 0.1) is 10.1 Å². The molecule has 1 aromatic carbocycles. The summed E-state index contributed by atoms with van der Waals surface area (Å²) in [6, 6.07) is 3.94. The van der Waals surface area contributed by atoms with Crippen molar-refractivity contribution in [3.63, 3.8) is 0 Å². The number of non-ortho nitro benzene ring substituents is 1. The summed E-state index contributed by atoms with van der Waals surface area (Å²) in [5.41, 5.74) is -0.0765. The molecule has 11 nitrogen and oxygen atoms in total. The Morgan fingerprint density at radius 2 is 1.81 bits per heavy atom. The van der Waals surface area contributed by atoms with E-state index in [0.29, 0.717) is 37.8 Å². The zero-order valence-electron chi connectivity index (χ0n) is 18.1. The second-order valence-corrected chi connectivity index (χ2v) is 12.1.